The molecule has 0 radical (unpaired) electrons. The van der Waals surface area contributed by atoms with Crippen molar-refractivity contribution >= 4 is 15.7 Å². The van der Waals surface area contributed by atoms with Crippen LogP contribution in [0.5, 0.6) is 5.75 Å². The van der Waals surface area contributed by atoms with E-state index in [9.17, 15) is 8.42 Å². The summed E-state index contributed by atoms with van der Waals surface area (Å²) in [6, 6.07) is 4.54. The van der Waals surface area contributed by atoms with Crippen molar-refractivity contribution in [2.75, 3.05) is 12.8 Å². The normalized spacial score (nSPS) is 18.1. The van der Waals surface area contributed by atoms with Gasteiger partial charge in [0.15, 0.2) is 0 Å². The van der Waals surface area contributed by atoms with E-state index >= 15 is 0 Å². The van der Waals surface area contributed by atoms with Gasteiger partial charge in [0.25, 0.3) is 0 Å². The molecule has 1 aromatic carbocycles. The lowest BCUT2D eigenvalue weighted by Gasteiger charge is -2.38. The maximum atomic E-state index is 12.3. The first kappa shape index (κ1) is 13.2. The average molecular weight is 270 g/mol. The Hall–Kier alpha value is -1.27. The van der Waals surface area contributed by atoms with Crippen LogP contribution in [-0.2, 0) is 10.0 Å². The molecule has 0 atom stereocenters. The van der Waals surface area contributed by atoms with Crippen molar-refractivity contribution in [2.45, 2.75) is 36.6 Å². The van der Waals surface area contributed by atoms with Crippen molar-refractivity contribution in [3.63, 3.8) is 0 Å². The standard InChI is InChI=1S/C12H18N2O3S/c1-12(6-3-7-12)14-18(15,16)11-5-4-9(13)8-10(11)17-2/h4-5,8,14H,3,6-7,13H2,1-2H3. The molecule has 100 valence electrons. The zero-order valence-electron chi connectivity index (χ0n) is 10.6. The molecule has 0 heterocycles. The molecule has 3 N–H and O–H groups in total. The van der Waals surface area contributed by atoms with E-state index in [0.717, 1.165) is 19.3 Å². The number of anilines is 1. The Morgan fingerprint density at radius 3 is 2.56 bits per heavy atom. The second-order valence-corrected chi connectivity index (χ2v) is 6.58. The lowest BCUT2D eigenvalue weighted by molar-refractivity contribution is 0.247. The number of ether oxygens (including phenoxy) is 1. The Morgan fingerprint density at radius 1 is 1.39 bits per heavy atom. The van der Waals surface area contributed by atoms with Crippen LogP contribution in [0.15, 0.2) is 23.1 Å². The summed E-state index contributed by atoms with van der Waals surface area (Å²) in [6.45, 7) is 1.91. The molecule has 0 aromatic heterocycles. The minimum atomic E-state index is -3.57. The van der Waals surface area contributed by atoms with Gasteiger partial charge in [-0.3, -0.25) is 0 Å². The van der Waals surface area contributed by atoms with E-state index in [2.05, 4.69) is 4.72 Å². The molecule has 2 rings (SSSR count). The Labute approximate surface area is 107 Å². The summed E-state index contributed by atoms with van der Waals surface area (Å²) in [5.41, 5.74) is 5.76. The fourth-order valence-corrected chi connectivity index (χ4v) is 3.71. The van der Waals surface area contributed by atoms with Gasteiger partial charge in [0.2, 0.25) is 10.0 Å². The number of hydrogen-bond acceptors (Lipinski definition) is 4. The average Bonchev–Trinajstić information content (AvgIpc) is 2.25. The molecule has 0 bridgehead atoms. The third-order valence-electron chi connectivity index (χ3n) is 3.32. The lowest BCUT2D eigenvalue weighted by atomic mass is 9.80. The lowest BCUT2D eigenvalue weighted by Crippen LogP contribution is -2.50. The predicted molar refractivity (Wildman–Crippen MR) is 70.0 cm³/mol. The second-order valence-electron chi connectivity index (χ2n) is 4.93. The van der Waals surface area contributed by atoms with Crippen molar-refractivity contribution in [3.8, 4) is 5.75 Å². The molecule has 0 saturated heterocycles. The van der Waals surface area contributed by atoms with Gasteiger partial charge >= 0.3 is 0 Å². The van der Waals surface area contributed by atoms with Gasteiger partial charge in [0.05, 0.1) is 7.11 Å². The van der Waals surface area contributed by atoms with Crippen LogP contribution in [0.4, 0.5) is 5.69 Å². The Balaban J connectivity index is 2.35. The number of nitrogens with one attached hydrogen (secondary N) is 1. The summed E-state index contributed by atoms with van der Waals surface area (Å²) in [5, 5.41) is 0. The molecule has 0 unspecified atom stereocenters. The van der Waals surface area contributed by atoms with Gasteiger partial charge < -0.3 is 10.5 Å². The Morgan fingerprint density at radius 2 is 2.06 bits per heavy atom. The van der Waals surface area contributed by atoms with Crippen LogP contribution >= 0.6 is 0 Å². The van der Waals surface area contributed by atoms with E-state index in [-0.39, 0.29) is 16.2 Å². The van der Waals surface area contributed by atoms with Crippen molar-refractivity contribution in [1.82, 2.24) is 4.72 Å². The zero-order chi connectivity index (χ0) is 13.4. The zero-order valence-corrected chi connectivity index (χ0v) is 11.4. The van der Waals surface area contributed by atoms with E-state index in [1.54, 1.807) is 6.07 Å². The molecule has 1 fully saturated rings. The maximum absolute atomic E-state index is 12.3. The van der Waals surface area contributed by atoms with E-state index in [4.69, 9.17) is 10.5 Å². The SMILES string of the molecule is COc1cc(N)ccc1S(=O)(=O)NC1(C)CCC1. The molecule has 0 aliphatic heterocycles. The van der Waals surface area contributed by atoms with Gasteiger partial charge in [-0.25, -0.2) is 13.1 Å². The van der Waals surface area contributed by atoms with E-state index in [0.29, 0.717) is 5.69 Å². The van der Waals surface area contributed by atoms with Gasteiger partial charge in [0.1, 0.15) is 10.6 Å². The van der Waals surface area contributed by atoms with Crippen LogP contribution < -0.4 is 15.2 Å². The largest absolute Gasteiger partial charge is 0.495 e. The third kappa shape index (κ3) is 2.44. The maximum Gasteiger partial charge on any atom is 0.244 e. The molecule has 1 aromatic rings. The van der Waals surface area contributed by atoms with Crippen molar-refractivity contribution in [3.05, 3.63) is 18.2 Å². The van der Waals surface area contributed by atoms with Crippen LogP contribution in [0, 0.1) is 0 Å². The summed E-state index contributed by atoms with van der Waals surface area (Å²) in [7, 11) is -2.14. The van der Waals surface area contributed by atoms with Crippen LogP contribution in [0.3, 0.4) is 0 Å². The summed E-state index contributed by atoms with van der Waals surface area (Å²) in [6.07, 6.45) is 2.78. The van der Waals surface area contributed by atoms with E-state index in [1.165, 1.54) is 19.2 Å². The quantitative estimate of drug-likeness (QED) is 0.812. The number of sulfonamides is 1. The number of benzene rings is 1. The van der Waals surface area contributed by atoms with Gasteiger partial charge in [-0.15, -0.1) is 0 Å². The van der Waals surface area contributed by atoms with E-state index in [1.807, 2.05) is 6.92 Å². The molecule has 0 amide bonds. The number of hydrogen-bond donors (Lipinski definition) is 2. The van der Waals surface area contributed by atoms with Gasteiger partial charge in [-0.1, -0.05) is 0 Å². The molecule has 6 heteroatoms. The number of methoxy groups -OCH3 is 1. The number of rotatable bonds is 4. The molecule has 18 heavy (non-hydrogen) atoms. The smallest absolute Gasteiger partial charge is 0.244 e. The van der Waals surface area contributed by atoms with Crippen molar-refractivity contribution in [1.29, 1.82) is 0 Å². The highest BCUT2D eigenvalue weighted by atomic mass is 32.2. The number of nitrogen functional groups attached to an aromatic ring is 1. The van der Waals surface area contributed by atoms with Crippen LogP contribution in [-0.4, -0.2) is 21.1 Å². The fourth-order valence-electron chi connectivity index (χ4n) is 2.09. The van der Waals surface area contributed by atoms with Gasteiger partial charge in [-0.2, -0.15) is 0 Å². The van der Waals surface area contributed by atoms with Crippen LogP contribution in [0.1, 0.15) is 26.2 Å². The highest BCUT2D eigenvalue weighted by molar-refractivity contribution is 7.89. The van der Waals surface area contributed by atoms with Gasteiger partial charge in [-0.05, 0) is 38.3 Å². The Kier molecular flexibility index (Phi) is 3.25. The third-order valence-corrected chi connectivity index (χ3v) is 4.99. The van der Waals surface area contributed by atoms with Crippen LogP contribution in [0.2, 0.25) is 0 Å². The molecule has 1 aliphatic carbocycles. The first-order valence-corrected chi connectivity index (χ1v) is 7.32. The highest BCUT2D eigenvalue weighted by Gasteiger charge is 2.37. The molecular weight excluding hydrogens is 252 g/mol. The predicted octanol–water partition coefficient (Wildman–Crippen LogP) is 1.50. The van der Waals surface area contributed by atoms with Crippen molar-refractivity contribution < 1.29 is 13.2 Å². The molecule has 1 aliphatic rings. The topological polar surface area (TPSA) is 81.4 Å². The first-order valence-electron chi connectivity index (χ1n) is 5.84. The van der Waals surface area contributed by atoms with Crippen LogP contribution in [0.25, 0.3) is 0 Å². The monoisotopic (exact) mass is 270 g/mol. The van der Waals surface area contributed by atoms with Crippen molar-refractivity contribution in [2.24, 2.45) is 0 Å². The highest BCUT2D eigenvalue weighted by Crippen LogP contribution is 2.34. The summed E-state index contributed by atoms with van der Waals surface area (Å²) >= 11 is 0. The number of nitrogens with two attached hydrogens (primary N) is 1. The summed E-state index contributed by atoms with van der Waals surface area (Å²) in [5.74, 6) is 0.269. The molecule has 5 nitrogen and oxygen atoms in total. The van der Waals surface area contributed by atoms with Gasteiger partial charge in [0, 0.05) is 17.3 Å². The molecular formula is C12H18N2O3S. The second kappa shape index (κ2) is 4.44. The fraction of sp³-hybridized carbons (Fsp3) is 0.500. The summed E-state index contributed by atoms with van der Waals surface area (Å²) < 4.78 is 32.4. The molecule has 0 spiro atoms. The first-order chi connectivity index (χ1) is 8.36. The Bertz CT molecular complexity index is 550. The minimum absolute atomic E-state index is 0.132. The molecule has 1 saturated carbocycles. The minimum Gasteiger partial charge on any atom is -0.495 e. The summed E-state index contributed by atoms with van der Waals surface area (Å²) in [4.78, 5) is 0.132. The van der Waals surface area contributed by atoms with E-state index < -0.39 is 10.0 Å².